The Kier molecular flexibility index (Phi) is 9.76. The molecule has 0 saturated carbocycles. The van der Waals surface area contributed by atoms with Crippen LogP contribution in [0.25, 0.3) is 0 Å². The zero-order chi connectivity index (χ0) is 23.6. The number of aliphatic carboxylic acids is 1. The first kappa shape index (κ1) is 25.3. The second-order valence-electron chi connectivity index (χ2n) is 6.66. The first-order valence-electron chi connectivity index (χ1n) is 10.0. The molecule has 0 aromatic heterocycles. The Bertz CT molecular complexity index is 997. The zero-order valence-electron chi connectivity index (χ0n) is 17.8. The Morgan fingerprint density at radius 1 is 1.12 bits per heavy atom. The molecule has 3 rings (SSSR count). The quantitative estimate of drug-likeness (QED) is 0.312. The molecular weight excluding hydrogens is 532 g/mol. The van der Waals surface area contributed by atoms with Crippen LogP contribution >= 0.6 is 39.5 Å². The minimum Gasteiger partial charge on any atom is -0.490 e. The second kappa shape index (κ2) is 12.8. The highest BCUT2D eigenvalue weighted by molar-refractivity contribution is 9.10. The van der Waals surface area contributed by atoms with E-state index in [0.29, 0.717) is 32.7 Å². The molecule has 1 saturated heterocycles. The fourth-order valence-corrected chi connectivity index (χ4v) is 6.08. The van der Waals surface area contributed by atoms with Crippen molar-refractivity contribution in [3.05, 3.63) is 52.0 Å². The number of rotatable bonds is 11. The normalized spacial score (nSPS) is 13.8. The minimum absolute atomic E-state index is 0.170. The van der Waals surface area contributed by atoms with E-state index in [1.165, 1.54) is 23.3 Å². The summed E-state index contributed by atoms with van der Waals surface area (Å²) in [6, 6.07) is 11.0. The van der Waals surface area contributed by atoms with Gasteiger partial charge in [0.25, 0.3) is 5.91 Å². The van der Waals surface area contributed by atoms with Crippen molar-refractivity contribution in [1.29, 1.82) is 0 Å². The minimum atomic E-state index is -1.09. The number of carbonyl (C=O) groups excluding carboxylic acids is 1. The molecular formula is C22H23BrN2O6S2. The Hall–Kier alpha value is -2.37. The van der Waals surface area contributed by atoms with Crippen LogP contribution in [0.4, 0.5) is 0 Å². The van der Waals surface area contributed by atoms with E-state index in [-0.39, 0.29) is 12.4 Å². The van der Waals surface area contributed by atoms with E-state index in [1.54, 1.807) is 19.1 Å². The third-order valence-corrected chi connectivity index (χ3v) is 8.04. The number of carbonyl (C=O) groups is 2. The van der Waals surface area contributed by atoms with Gasteiger partial charge in [0.05, 0.1) is 17.4 Å². The zero-order valence-corrected chi connectivity index (χ0v) is 21.0. The Morgan fingerprint density at radius 3 is 2.48 bits per heavy atom. The summed E-state index contributed by atoms with van der Waals surface area (Å²) in [5.74, 6) is 2.12. The highest BCUT2D eigenvalue weighted by Gasteiger charge is 2.18. The largest absolute Gasteiger partial charge is 0.490 e. The number of hydrogen-bond acceptors (Lipinski definition) is 8. The average Bonchev–Trinajstić information content (AvgIpc) is 3.34. The summed E-state index contributed by atoms with van der Waals surface area (Å²) in [6.07, 6.45) is 1.44. The van der Waals surface area contributed by atoms with Crippen molar-refractivity contribution in [2.75, 3.05) is 31.3 Å². The van der Waals surface area contributed by atoms with Gasteiger partial charge in [-0.25, -0.2) is 10.2 Å². The highest BCUT2D eigenvalue weighted by atomic mass is 79.9. The first-order chi connectivity index (χ1) is 16.0. The summed E-state index contributed by atoms with van der Waals surface area (Å²) in [4.78, 5) is 22.8. The third kappa shape index (κ3) is 7.86. The van der Waals surface area contributed by atoms with E-state index in [4.69, 9.17) is 19.3 Å². The number of carboxylic acids is 1. The fraction of sp³-hybridized carbons (Fsp3) is 0.318. The maximum atomic E-state index is 12.1. The number of amides is 1. The van der Waals surface area contributed by atoms with E-state index in [2.05, 4.69) is 26.5 Å². The SMILES string of the molecule is CCOc1cc(/C=N\NC(=O)COc2ccc(C3SCCS3)cc2)c(Br)cc1OCC(=O)O. The average molecular weight is 555 g/mol. The molecule has 1 amide bonds. The van der Waals surface area contributed by atoms with Crippen molar-refractivity contribution >= 4 is 57.5 Å². The summed E-state index contributed by atoms with van der Waals surface area (Å²) in [5.41, 5.74) is 4.28. The lowest BCUT2D eigenvalue weighted by atomic mass is 10.2. The number of halogens is 1. The van der Waals surface area contributed by atoms with Gasteiger partial charge in [0.1, 0.15) is 5.75 Å². The molecule has 1 aliphatic heterocycles. The van der Waals surface area contributed by atoms with Gasteiger partial charge >= 0.3 is 5.97 Å². The van der Waals surface area contributed by atoms with Crippen LogP contribution in [0.1, 0.15) is 22.6 Å². The Labute approximate surface area is 208 Å². The number of hydrogen-bond donors (Lipinski definition) is 2. The van der Waals surface area contributed by atoms with Crippen LogP contribution in [0, 0.1) is 0 Å². The molecule has 1 heterocycles. The van der Waals surface area contributed by atoms with Crippen LogP contribution in [0.5, 0.6) is 17.2 Å². The molecule has 0 spiro atoms. The molecule has 0 radical (unpaired) electrons. The van der Waals surface area contributed by atoms with Gasteiger partial charge < -0.3 is 19.3 Å². The van der Waals surface area contributed by atoms with Crippen molar-refractivity contribution in [3.8, 4) is 17.2 Å². The lowest BCUT2D eigenvalue weighted by Gasteiger charge is -2.12. The number of nitrogens with one attached hydrogen (secondary N) is 1. The van der Waals surface area contributed by atoms with Crippen molar-refractivity contribution in [2.45, 2.75) is 11.5 Å². The van der Waals surface area contributed by atoms with Gasteiger partial charge in [-0.15, -0.1) is 23.5 Å². The molecule has 0 atom stereocenters. The lowest BCUT2D eigenvalue weighted by Crippen LogP contribution is -2.24. The van der Waals surface area contributed by atoms with Crippen molar-refractivity contribution < 1.29 is 28.9 Å². The molecule has 2 N–H and O–H groups in total. The number of thioether (sulfide) groups is 2. The van der Waals surface area contributed by atoms with Crippen LogP contribution in [-0.2, 0) is 9.59 Å². The van der Waals surface area contributed by atoms with Crippen LogP contribution < -0.4 is 19.6 Å². The van der Waals surface area contributed by atoms with Crippen LogP contribution in [0.15, 0.2) is 46.0 Å². The molecule has 1 fully saturated rings. The van der Waals surface area contributed by atoms with Crippen LogP contribution in [0.2, 0.25) is 0 Å². The van der Waals surface area contributed by atoms with Gasteiger partial charge in [-0.3, -0.25) is 4.79 Å². The molecule has 2 aromatic rings. The highest BCUT2D eigenvalue weighted by Crippen LogP contribution is 2.45. The summed E-state index contributed by atoms with van der Waals surface area (Å²) in [6.45, 7) is 1.51. The number of carboxylic acid groups (broad SMARTS) is 1. The monoisotopic (exact) mass is 554 g/mol. The Balaban J connectivity index is 1.52. The number of hydrazone groups is 1. The van der Waals surface area contributed by atoms with Gasteiger partial charge in [0.15, 0.2) is 24.7 Å². The van der Waals surface area contributed by atoms with Crippen LogP contribution in [-0.4, -0.2) is 54.5 Å². The number of ether oxygens (including phenoxy) is 3. The summed E-state index contributed by atoms with van der Waals surface area (Å²) in [7, 11) is 0. The van der Waals surface area contributed by atoms with E-state index in [1.807, 2.05) is 47.8 Å². The summed E-state index contributed by atoms with van der Waals surface area (Å²) >= 11 is 7.26. The van der Waals surface area contributed by atoms with E-state index < -0.39 is 18.5 Å². The molecule has 11 heteroatoms. The van der Waals surface area contributed by atoms with Gasteiger partial charge in [0.2, 0.25) is 0 Å². The number of benzene rings is 2. The molecule has 2 aromatic carbocycles. The lowest BCUT2D eigenvalue weighted by molar-refractivity contribution is -0.139. The summed E-state index contributed by atoms with van der Waals surface area (Å²) < 4.78 is 17.4. The van der Waals surface area contributed by atoms with Crippen LogP contribution in [0.3, 0.4) is 0 Å². The molecule has 33 heavy (non-hydrogen) atoms. The van der Waals surface area contributed by atoms with Gasteiger partial charge in [-0.2, -0.15) is 5.10 Å². The molecule has 176 valence electrons. The predicted octanol–water partition coefficient (Wildman–Crippen LogP) is 4.32. The van der Waals surface area contributed by atoms with Crippen molar-refractivity contribution in [3.63, 3.8) is 0 Å². The summed E-state index contributed by atoms with van der Waals surface area (Å²) in [5, 5.41) is 12.8. The molecule has 0 aliphatic carbocycles. The van der Waals surface area contributed by atoms with Gasteiger partial charge in [-0.1, -0.05) is 12.1 Å². The second-order valence-corrected chi connectivity index (χ2v) is 10.2. The standard InChI is InChI=1S/C22H23BrN2O6S2/c1-2-29-18-9-15(17(23)10-19(18)31-13-21(27)28)11-24-25-20(26)12-30-16-5-3-14(4-6-16)22-32-7-8-33-22/h3-6,9-11,22H,2,7-8,12-13H2,1H3,(H,25,26)(H,27,28)/b24-11-. The van der Waals surface area contributed by atoms with Gasteiger partial charge in [0, 0.05) is 21.5 Å². The topological polar surface area (TPSA) is 106 Å². The van der Waals surface area contributed by atoms with E-state index in [9.17, 15) is 9.59 Å². The molecule has 0 bridgehead atoms. The molecule has 8 nitrogen and oxygen atoms in total. The molecule has 0 unspecified atom stereocenters. The predicted molar refractivity (Wildman–Crippen MR) is 134 cm³/mol. The number of nitrogens with zero attached hydrogens (tertiary/aromatic N) is 1. The fourth-order valence-electron chi connectivity index (χ4n) is 2.80. The third-order valence-electron chi connectivity index (χ3n) is 4.25. The van der Waals surface area contributed by atoms with Crippen molar-refractivity contribution in [1.82, 2.24) is 5.43 Å². The Morgan fingerprint density at radius 2 is 1.82 bits per heavy atom. The van der Waals surface area contributed by atoms with Gasteiger partial charge in [-0.05, 0) is 52.7 Å². The van der Waals surface area contributed by atoms with E-state index >= 15 is 0 Å². The molecule has 1 aliphatic rings. The first-order valence-corrected chi connectivity index (χ1v) is 12.9. The smallest absolute Gasteiger partial charge is 0.341 e. The maximum Gasteiger partial charge on any atom is 0.341 e. The van der Waals surface area contributed by atoms with Crippen molar-refractivity contribution in [2.24, 2.45) is 5.10 Å². The maximum absolute atomic E-state index is 12.1. The van der Waals surface area contributed by atoms with E-state index in [0.717, 1.165) is 0 Å².